The number of nitrogens with zero attached hydrogens (tertiary/aromatic N) is 2. The van der Waals surface area contributed by atoms with Crippen molar-refractivity contribution in [1.82, 2.24) is 0 Å². The van der Waals surface area contributed by atoms with Crippen molar-refractivity contribution >= 4 is 23.1 Å². The first-order valence-corrected chi connectivity index (χ1v) is 11.0. The lowest BCUT2D eigenvalue weighted by molar-refractivity contribution is 0.605. The zero-order valence-electron chi connectivity index (χ0n) is 16.8. The van der Waals surface area contributed by atoms with Gasteiger partial charge in [0.1, 0.15) is 0 Å². The van der Waals surface area contributed by atoms with Crippen molar-refractivity contribution in [2.75, 3.05) is 35.8 Å². The summed E-state index contributed by atoms with van der Waals surface area (Å²) in [6.07, 6.45) is 3.37. The van der Waals surface area contributed by atoms with E-state index in [-0.39, 0.29) is 0 Å². The van der Waals surface area contributed by atoms with Crippen LogP contribution in [0, 0.1) is 0 Å². The summed E-state index contributed by atoms with van der Waals surface area (Å²) in [5, 5.41) is 0. The normalized spacial score (nSPS) is 15.2. The van der Waals surface area contributed by atoms with Crippen LogP contribution in [-0.4, -0.2) is 26.0 Å². The summed E-state index contributed by atoms with van der Waals surface area (Å²) in [4.78, 5) is 6.54. The monoisotopic (exact) mass is 368 g/mol. The number of para-hydroxylation sites is 2. The van der Waals surface area contributed by atoms with E-state index in [4.69, 9.17) is 0 Å². The summed E-state index contributed by atoms with van der Waals surface area (Å²) >= 11 is 1.84. The zero-order chi connectivity index (χ0) is 18.7. The number of hydrogen-bond acceptors (Lipinski definition) is 3. The van der Waals surface area contributed by atoms with Crippen LogP contribution in [0.2, 0.25) is 0 Å². The van der Waals surface area contributed by atoms with Crippen LogP contribution in [0.25, 0.3) is 0 Å². The van der Waals surface area contributed by atoms with Gasteiger partial charge in [-0.05, 0) is 47.8 Å². The highest BCUT2D eigenvalue weighted by atomic mass is 32.2. The van der Waals surface area contributed by atoms with Crippen LogP contribution < -0.4 is 9.80 Å². The Balaban J connectivity index is 1.98. The first kappa shape index (κ1) is 19.2. The molecule has 0 unspecified atom stereocenters. The van der Waals surface area contributed by atoms with Gasteiger partial charge in [-0.2, -0.15) is 0 Å². The van der Waals surface area contributed by atoms with Gasteiger partial charge in [0.15, 0.2) is 0 Å². The van der Waals surface area contributed by atoms with E-state index in [0.717, 1.165) is 19.8 Å². The molecule has 2 aromatic carbocycles. The van der Waals surface area contributed by atoms with Crippen molar-refractivity contribution < 1.29 is 0 Å². The Morgan fingerprint density at radius 1 is 0.808 bits per heavy atom. The highest BCUT2D eigenvalue weighted by Crippen LogP contribution is 2.37. The zero-order valence-corrected chi connectivity index (χ0v) is 17.6. The molecule has 0 spiro atoms. The Labute approximate surface area is 163 Å². The fraction of sp³-hybridized carbons (Fsp3) is 0.478. The van der Waals surface area contributed by atoms with E-state index in [1.807, 2.05) is 11.8 Å². The second-order valence-electron chi connectivity index (χ2n) is 7.79. The second kappa shape index (κ2) is 8.39. The Morgan fingerprint density at radius 2 is 1.42 bits per heavy atom. The van der Waals surface area contributed by atoms with Gasteiger partial charge in [-0.25, -0.2) is 0 Å². The SMILES string of the molecule is CSc1ccccc1N1CCCN(c2c(C(C)C)cccc2C(C)C)C1. The summed E-state index contributed by atoms with van der Waals surface area (Å²) in [7, 11) is 0. The molecule has 0 atom stereocenters. The van der Waals surface area contributed by atoms with Crippen LogP contribution in [0.5, 0.6) is 0 Å². The summed E-state index contributed by atoms with van der Waals surface area (Å²) in [5.74, 6) is 1.08. The average Bonchev–Trinajstić information content (AvgIpc) is 2.67. The van der Waals surface area contributed by atoms with Gasteiger partial charge in [-0.1, -0.05) is 58.0 Å². The van der Waals surface area contributed by atoms with Crippen molar-refractivity contribution in [1.29, 1.82) is 0 Å². The molecule has 1 fully saturated rings. The fourth-order valence-electron chi connectivity index (χ4n) is 3.95. The Bertz CT molecular complexity index is 712. The quantitative estimate of drug-likeness (QED) is 0.569. The minimum Gasteiger partial charge on any atom is -0.353 e. The largest absolute Gasteiger partial charge is 0.353 e. The van der Waals surface area contributed by atoms with E-state index in [0.29, 0.717) is 11.8 Å². The van der Waals surface area contributed by atoms with Crippen LogP contribution in [0.4, 0.5) is 11.4 Å². The molecule has 1 aliphatic rings. The predicted octanol–water partition coefficient (Wildman–Crippen LogP) is 6.33. The molecule has 140 valence electrons. The third kappa shape index (κ3) is 3.88. The summed E-state index contributed by atoms with van der Waals surface area (Å²) in [6, 6.07) is 15.7. The third-order valence-electron chi connectivity index (χ3n) is 5.28. The van der Waals surface area contributed by atoms with Crippen LogP contribution in [0.1, 0.15) is 57.1 Å². The topological polar surface area (TPSA) is 6.48 Å². The van der Waals surface area contributed by atoms with Gasteiger partial charge in [0.25, 0.3) is 0 Å². The van der Waals surface area contributed by atoms with Gasteiger partial charge in [0.05, 0.1) is 12.4 Å². The standard InChI is InChI=1S/C23H32N2S/c1-17(2)19-10-8-11-20(18(3)4)23(19)25-15-9-14-24(16-25)21-12-6-7-13-22(21)26-5/h6-8,10-13,17-18H,9,14-16H2,1-5H3. The minimum absolute atomic E-state index is 0.539. The maximum absolute atomic E-state index is 2.62. The van der Waals surface area contributed by atoms with Gasteiger partial charge in [-0.15, -0.1) is 11.8 Å². The van der Waals surface area contributed by atoms with Gasteiger partial charge in [-0.3, -0.25) is 0 Å². The van der Waals surface area contributed by atoms with Gasteiger partial charge < -0.3 is 9.80 Å². The molecule has 1 saturated heterocycles. The van der Waals surface area contributed by atoms with Crippen LogP contribution in [-0.2, 0) is 0 Å². The van der Waals surface area contributed by atoms with E-state index in [9.17, 15) is 0 Å². The minimum atomic E-state index is 0.539. The average molecular weight is 369 g/mol. The Kier molecular flexibility index (Phi) is 6.18. The van der Waals surface area contributed by atoms with Gasteiger partial charge >= 0.3 is 0 Å². The lowest BCUT2D eigenvalue weighted by Crippen LogP contribution is -2.46. The Morgan fingerprint density at radius 3 is 2.04 bits per heavy atom. The van der Waals surface area contributed by atoms with Gasteiger partial charge in [0.2, 0.25) is 0 Å². The Hall–Kier alpha value is -1.61. The van der Waals surface area contributed by atoms with Gasteiger partial charge in [0, 0.05) is 23.7 Å². The summed E-state index contributed by atoms with van der Waals surface area (Å²) < 4.78 is 0. The highest BCUT2D eigenvalue weighted by molar-refractivity contribution is 7.98. The maximum Gasteiger partial charge on any atom is 0.0903 e. The van der Waals surface area contributed by atoms with Crippen LogP contribution in [0.15, 0.2) is 47.4 Å². The smallest absolute Gasteiger partial charge is 0.0903 e. The molecular formula is C23H32N2S. The lowest BCUT2D eigenvalue weighted by Gasteiger charge is -2.41. The van der Waals surface area contributed by atoms with Crippen molar-refractivity contribution in [3.05, 3.63) is 53.6 Å². The van der Waals surface area contributed by atoms with Crippen LogP contribution >= 0.6 is 11.8 Å². The molecule has 0 bridgehead atoms. The fourth-order valence-corrected chi connectivity index (χ4v) is 4.57. The highest BCUT2D eigenvalue weighted by Gasteiger charge is 2.25. The van der Waals surface area contributed by atoms with E-state index in [1.165, 1.54) is 33.8 Å². The molecule has 0 saturated carbocycles. The molecule has 0 amide bonds. The van der Waals surface area contributed by atoms with Crippen molar-refractivity contribution in [3.8, 4) is 0 Å². The first-order chi connectivity index (χ1) is 12.5. The number of hydrogen-bond donors (Lipinski definition) is 0. The number of anilines is 2. The third-order valence-corrected chi connectivity index (χ3v) is 6.07. The molecular weight excluding hydrogens is 336 g/mol. The van der Waals surface area contributed by atoms with E-state index in [2.05, 4.69) is 86.2 Å². The predicted molar refractivity (Wildman–Crippen MR) is 117 cm³/mol. The van der Waals surface area contributed by atoms with E-state index in [1.54, 1.807) is 0 Å². The molecule has 3 heteroatoms. The maximum atomic E-state index is 2.62. The molecule has 2 aromatic rings. The number of rotatable bonds is 5. The van der Waals surface area contributed by atoms with Crippen LogP contribution in [0.3, 0.4) is 0 Å². The molecule has 0 aromatic heterocycles. The van der Waals surface area contributed by atoms with E-state index < -0.39 is 0 Å². The van der Waals surface area contributed by atoms with E-state index >= 15 is 0 Å². The summed E-state index contributed by atoms with van der Waals surface area (Å²) in [6.45, 7) is 12.5. The first-order valence-electron chi connectivity index (χ1n) is 9.78. The number of benzene rings is 2. The summed E-state index contributed by atoms with van der Waals surface area (Å²) in [5.41, 5.74) is 5.81. The molecule has 0 aliphatic carbocycles. The molecule has 0 radical (unpaired) electrons. The molecule has 1 heterocycles. The second-order valence-corrected chi connectivity index (χ2v) is 8.64. The number of thioether (sulfide) groups is 1. The lowest BCUT2D eigenvalue weighted by atomic mass is 9.91. The molecule has 1 aliphatic heterocycles. The molecule has 0 N–H and O–H groups in total. The van der Waals surface area contributed by atoms with Crippen molar-refractivity contribution in [2.45, 2.75) is 50.8 Å². The molecule has 2 nitrogen and oxygen atoms in total. The molecule has 26 heavy (non-hydrogen) atoms. The molecule has 3 rings (SSSR count). The van der Waals surface area contributed by atoms with Crippen molar-refractivity contribution in [3.63, 3.8) is 0 Å². The van der Waals surface area contributed by atoms with Crippen molar-refractivity contribution in [2.24, 2.45) is 0 Å².